The molecule has 124 valence electrons. The van der Waals surface area contributed by atoms with E-state index in [1.807, 2.05) is 24.3 Å². The average Bonchev–Trinajstić information content (AvgIpc) is 2.55. The van der Waals surface area contributed by atoms with Gasteiger partial charge in [-0.25, -0.2) is 4.79 Å². The Kier molecular flexibility index (Phi) is 4.76. The van der Waals surface area contributed by atoms with E-state index in [-0.39, 0.29) is 22.4 Å². The fourth-order valence-electron chi connectivity index (χ4n) is 2.27. The van der Waals surface area contributed by atoms with E-state index < -0.39 is 5.97 Å². The van der Waals surface area contributed by atoms with Gasteiger partial charge in [0.25, 0.3) is 0 Å². The minimum Gasteiger partial charge on any atom is -0.618 e. The molecule has 0 saturated heterocycles. The number of ether oxygens (including phenoxy) is 1. The molecule has 0 radical (unpaired) electrons. The zero-order valence-electron chi connectivity index (χ0n) is 14.0. The average molecular weight is 326 g/mol. The van der Waals surface area contributed by atoms with E-state index in [2.05, 4.69) is 35.5 Å². The van der Waals surface area contributed by atoms with E-state index in [1.54, 1.807) is 0 Å². The lowest BCUT2D eigenvalue weighted by molar-refractivity contribution is -0.593. The first-order chi connectivity index (χ1) is 11.3. The van der Waals surface area contributed by atoms with Crippen molar-refractivity contribution in [2.24, 2.45) is 5.11 Å². The number of carbonyl (C=O) groups is 1. The molecule has 0 unspecified atom stereocenters. The number of hydrogen-bond acceptors (Lipinski definition) is 4. The highest BCUT2D eigenvalue weighted by atomic mass is 16.5. The van der Waals surface area contributed by atoms with Gasteiger partial charge in [0, 0.05) is 16.5 Å². The Bertz CT molecular complexity index is 817. The molecule has 7 heteroatoms. The molecule has 0 bridgehead atoms. The highest BCUT2D eigenvalue weighted by Gasteiger charge is 2.20. The summed E-state index contributed by atoms with van der Waals surface area (Å²) in [6.07, 6.45) is 1.06. The van der Waals surface area contributed by atoms with Crippen LogP contribution < -0.4 is 4.73 Å². The van der Waals surface area contributed by atoms with Crippen LogP contribution in [0.25, 0.3) is 21.7 Å². The molecular formula is C17H18N4O3. The zero-order chi connectivity index (χ0) is 17.9. The number of methoxy groups -OCH3 is 1. The van der Waals surface area contributed by atoms with Gasteiger partial charge in [0.1, 0.15) is 5.56 Å². The van der Waals surface area contributed by atoms with E-state index in [0.29, 0.717) is 10.3 Å². The van der Waals surface area contributed by atoms with Gasteiger partial charge in [0.15, 0.2) is 6.20 Å². The number of hydrogen-bond donors (Lipinski definition) is 0. The summed E-state index contributed by atoms with van der Waals surface area (Å²) in [6.45, 7) is 6.29. The van der Waals surface area contributed by atoms with Crippen LogP contribution in [0.5, 0.6) is 0 Å². The first-order valence-corrected chi connectivity index (χ1v) is 7.29. The van der Waals surface area contributed by atoms with Crippen molar-refractivity contribution in [3.05, 3.63) is 63.3 Å². The second-order valence-electron chi connectivity index (χ2n) is 6.29. The molecule has 1 aromatic carbocycles. The fourth-order valence-corrected chi connectivity index (χ4v) is 2.27. The molecule has 24 heavy (non-hydrogen) atoms. The second-order valence-corrected chi connectivity index (χ2v) is 6.29. The normalized spacial score (nSPS) is 10.8. The summed E-state index contributed by atoms with van der Waals surface area (Å²) in [4.78, 5) is 14.4. The van der Waals surface area contributed by atoms with Crippen LogP contribution in [0.15, 0.2) is 41.6 Å². The minimum absolute atomic E-state index is 0.00301. The van der Waals surface area contributed by atoms with E-state index in [1.165, 1.54) is 13.2 Å². The predicted molar refractivity (Wildman–Crippen MR) is 89.7 cm³/mol. The number of nitrogens with zero attached hydrogens (tertiary/aromatic N) is 4. The van der Waals surface area contributed by atoms with Crippen LogP contribution in [0.3, 0.4) is 0 Å². The molecule has 0 N–H and O–H groups in total. The van der Waals surface area contributed by atoms with Gasteiger partial charge in [-0.3, -0.25) is 0 Å². The summed E-state index contributed by atoms with van der Waals surface area (Å²) >= 11 is 0. The number of esters is 1. The number of aromatic nitrogens is 1. The lowest BCUT2D eigenvalue weighted by Gasteiger charge is -2.19. The molecule has 1 heterocycles. The van der Waals surface area contributed by atoms with Gasteiger partial charge in [-0.05, 0) is 28.6 Å². The summed E-state index contributed by atoms with van der Waals surface area (Å²) < 4.78 is 5.17. The second kappa shape index (κ2) is 6.60. The SMILES string of the molecule is COC(=O)c1c[n+]([O-])c(-c2ccc(C(C)(C)C)cc2)cc1N=[N+]=[N-]. The van der Waals surface area contributed by atoms with Crippen molar-refractivity contribution in [1.29, 1.82) is 0 Å². The van der Waals surface area contributed by atoms with Crippen LogP contribution in [0.4, 0.5) is 5.69 Å². The summed E-state index contributed by atoms with van der Waals surface area (Å²) in [5.74, 6) is -0.739. The zero-order valence-corrected chi connectivity index (χ0v) is 14.0. The maximum Gasteiger partial charge on any atom is 0.344 e. The van der Waals surface area contributed by atoms with Crippen LogP contribution in [-0.4, -0.2) is 13.1 Å². The molecule has 2 rings (SSSR count). The lowest BCUT2D eigenvalue weighted by atomic mass is 9.86. The first kappa shape index (κ1) is 17.3. The third kappa shape index (κ3) is 3.47. The van der Waals surface area contributed by atoms with Gasteiger partial charge in [0.05, 0.1) is 12.8 Å². The third-order valence-corrected chi connectivity index (χ3v) is 3.64. The predicted octanol–water partition coefficient (Wildman–Crippen LogP) is 4.01. The molecule has 7 nitrogen and oxygen atoms in total. The molecule has 0 aliphatic heterocycles. The topological polar surface area (TPSA) is 102 Å². The third-order valence-electron chi connectivity index (χ3n) is 3.64. The summed E-state index contributed by atoms with van der Waals surface area (Å²) in [5.41, 5.74) is 10.7. The number of carbonyl (C=O) groups excluding carboxylic acids is 1. The standard InChI is InChI=1S/C17H18N4O3/c1-17(2,3)12-7-5-11(6-8-12)15-9-14(19-20-18)13(10-21(15)23)16(22)24-4/h5-10H,1-4H3. The van der Waals surface area contributed by atoms with Crippen LogP contribution in [0.2, 0.25) is 0 Å². The number of pyridine rings is 1. The van der Waals surface area contributed by atoms with Gasteiger partial charge in [-0.15, -0.1) is 0 Å². The van der Waals surface area contributed by atoms with Crippen molar-refractivity contribution in [2.75, 3.05) is 7.11 Å². The van der Waals surface area contributed by atoms with Gasteiger partial charge in [0.2, 0.25) is 5.69 Å². The van der Waals surface area contributed by atoms with Crippen molar-refractivity contribution < 1.29 is 14.3 Å². The van der Waals surface area contributed by atoms with E-state index in [9.17, 15) is 10.0 Å². The van der Waals surface area contributed by atoms with E-state index >= 15 is 0 Å². The largest absolute Gasteiger partial charge is 0.618 e. The Morgan fingerprint density at radius 2 is 1.92 bits per heavy atom. The van der Waals surface area contributed by atoms with Gasteiger partial charge >= 0.3 is 5.97 Å². The Hall–Kier alpha value is -3.05. The monoisotopic (exact) mass is 326 g/mol. The number of rotatable bonds is 3. The van der Waals surface area contributed by atoms with Crippen molar-refractivity contribution in [3.8, 4) is 11.3 Å². The van der Waals surface area contributed by atoms with E-state index in [4.69, 9.17) is 5.53 Å². The summed E-state index contributed by atoms with van der Waals surface area (Å²) in [7, 11) is 1.19. The number of azide groups is 1. The van der Waals surface area contributed by atoms with Crippen LogP contribution >= 0.6 is 0 Å². The van der Waals surface area contributed by atoms with Crippen LogP contribution in [0.1, 0.15) is 36.7 Å². The minimum atomic E-state index is -0.739. The Morgan fingerprint density at radius 3 is 2.42 bits per heavy atom. The highest BCUT2D eigenvalue weighted by molar-refractivity contribution is 5.94. The molecule has 0 aliphatic carbocycles. The van der Waals surface area contributed by atoms with Crippen LogP contribution in [-0.2, 0) is 10.2 Å². The smallest absolute Gasteiger partial charge is 0.344 e. The molecule has 2 aromatic rings. The maximum atomic E-state index is 12.3. The lowest BCUT2D eigenvalue weighted by Crippen LogP contribution is -2.30. The van der Waals surface area contributed by atoms with Gasteiger partial charge < -0.3 is 9.94 Å². The van der Waals surface area contributed by atoms with Crippen molar-refractivity contribution in [3.63, 3.8) is 0 Å². The summed E-state index contributed by atoms with van der Waals surface area (Å²) in [6, 6.07) is 8.91. The molecule has 0 aliphatic rings. The summed E-state index contributed by atoms with van der Waals surface area (Å²) in [5, 5.41) is 15.8. The van der Waals surface area contributed by atoms with Crippen molar-refractivity contribution in [1.82, 2.24) is 0 Å². The van der Waals surface area contributed by atoms with Gasteiger partial charge in [-0.1, -0.05) is 38.0 Å². The molecule has 0 atom stereocenters. The quantitative estimate of drug-likeness (QED) is 0.212. The fraction of sp³-hybridized carbons (Fsp3) is 0.294. The number of benzene rings is 1. The van der Waals surface area contributed by atoms with Gasteiger partial charge in [-0.2, -0.15) is 4.73 Å². The Balaban J connectivity index is 2.57. The molecule has 0 spiro atoms. The van der Waals surface area contributed by atoms with Crippen LogP contribution in [0, 0.1) is 5.21 Å². The van der Waals surface area contributed by atoms with E-state index in [0.717, 1.165) is 11.8 Å². The molecular weight excluding hydrogens is 308 g/mol. The Morgan fingerprint density at radius 1 is 1.29 bits per heavy atom. The van der Waals surface area contributed by atoms with Crippen molar-refractivity contribution >= 4 is 11.7 Å². The molecule has 0 amide bonds. The molecule has 0 saturated carbocycles. The highest BCUT2D eigenvalue weighted by Crippen LogP contribution is 2.28. The molecule has 1 aromatic heterocycles. The van der Waals surface area contributed by atoms with Crippen molar-refractivity contribution in [2.45, 2.75) is 26.2 Å². The Labute approximate surface area is 139 Å². The maximum absolute atomic E-state index is 12.3. The molecule has 0 fully saturated rings. The first-order valence-electron chi connectivity index (χ1n) is 7.29.